The summed E-state index contributed by atoms with van der Waals surface area (Å²) in [6.07, 6.45) is 0.978. The lowest BCUT2D eigenvalue weighted by Gasteiger charge is -2.31. The van der Waals surface area contributed by atoms with E-state index in [2.05, 4.69) is 29.3 Å². The average molecular weight is 338 g/mol. The highest BCUT2D eigenvalue weighted by Crippen LogP contribution is 2.16. The van der Waals surface area contributed by atoms with Crippen LogP contribution in [0.4, 0.5) is 0 Å². The molecule has 1 N–H and O–H groups in total. The molecule has 0 saturated carbocycles. The van der Waals surface area contributed by atoms with Crippen molar-refractivity contribution in [2.24, 2.45) is 0 Å². The second-order valence-electron chi connectivity index (χ2n) is 6.40. The second-order valence-corrected chi connectivity index (χ2v) is 6.40. The maximum Gasteiger partial charge on any atom is 0.251 e. The van der Waals surface area contributed by atoms with E-state index in [1.165, 1.54) is 5.56 Å². The maximum absolute atomic E-state index is 12.7. The third-order valence-corrected chi connectivity index (χ3v) is 4.68. The summed E-state index contributed by atoms with van der Waals surface area (Å²) in [5.74, 6) is -0.0234. The van der Waals surface area contributed by atoms with Gasteiger partial charge in [0.2, 0.25) is 0 Å². The Labute approximate surface area is 149 Å². The van der Waals surface area contributed by atoms with Crippen LogP contribution in [-0.4, -0.2) is 43.7 Å². The highest BCUT2D eigenvalue weighted by atomic mass is 16.5. The lowest BCUT2D eigenvalue weighted by molar-refractivity contribution is 0.0332. The van der Waals surface area contributed by atoms with E-state index in [1.807, 2.05) is 42.5 Å². The molecule has 1 amide bonds. The molecule has 4 nitrogen and oxygen atoms in total. The molecule has 132 valence electrons. The minimum absolute atomic E-state index is 0.0234. The number of benzene rings is 2. The van der Waals surface area contributed by atoms with Crippen LogP contribution < -0.4 is 5.32 Å². The minimum atomic E-state index is -0.0300. The molecule has 0 spiro atoms. The summed E-state index contributed by atoms with van der Waals surface area (Å²) < 4.78 is 5.43. The van der Waals surface area contributed by atoms with Gasteiger partial charge in [0.1, 0.15) is 0 Å². The highest BCUT2D eigenvalue weighted by Gasteiger charge is 2.20. The molecular formula is C21H26N2O2. The van der Waals surface area contributed by atoms with Gasteiger partial charge < -0.3 is 10.1 Å². The van der Waals surface area contributed by atoms with Gasteiger partial charge in [0.25, 0.3) is 5.91 Å². The van der Waals surface area contributed by atoms with Gasteiger partial charge in [-0.3, -0.25) is 9.69 Å². The Morgan fingerprint density at radius 3 is 2.40 bits per heavy atom. The topological polar surface area (TPSA) is 41.6 Å². The van der Waals surface area contributed by atoms with Crippen LogP contribution in [0.15, 0.2) is 54.6 Å². The molecule has 1 atom stereocenters. The third kappa shape index (κ3) is 4.91. The summed E-state index contributed by atoms with van der Waals surface area (Å²) in [6, 6.07) is 18.0. The number of ether oxygens (including phenoxy) is 1. The Balaban J connectivity index is 1.72. The molecule has 2 aromatic rings. The number of amides is 1. The zero-order chi connectivity index (χ0) is 17.5. The molecule has 0 aromatic heterocycles. The molecule has 3 rings (SSSR count). The molecule has 0 aliphatic carbocycles. The van der Waals surface area contributed by atoms with Gasteiger partial charge in [-0.05, 0) is 29.7 Å². The molecule has 1 aliphatic heterocycles. The molecule has 1 aliphatic rings. The summed E-state index contributed by atoms with van der Waals surface area (Å²) in [5.41, 5.74) is 3.08. The molecule has 0 bridgehead atoms. The number of carbonyl (C=O) groups is 1. The van der Waals surface area contributed by atoms with Crippen LogP contribution in [0.1, 0.15) is 34.5 Å². The largest absolute Gasteiger partial charge is 0.379 e. The standard InChI is InChI=1S/C21H26N2O2/c1-2-17-8-10-19(11-9-17)21(24)22-20(18-6-4-3-5-7-18)16-23-12-14-25-15-13-23/h3-11,20H,2,12-16H2,1H3,(H,22,24)/t20-/m0/s1. The number of nitrogens with zero attached hydrogens (tertiary/aromatic N) is 1. The summed E-state index contributed by atoms with van der Waals surface area (Å²) in [5, 5.41) is 3.21. The Hall–Kier alpha value is -2.17. The van der Waals surface area contributed by atoms with E-state index >= 15 is 0 Å². The van der Waals surface area contributed by atoms with Crippen LogP contribution in [0.25, 0.3) is 0 Å². The quantitative estimate of drug-likeness (QED) is 0.880. The molecule has 25 heavy (non-hydrogen) atoms. The van der Waals surface area contributed by atoms with Gasteiger partial charge in [-0.15, -0.1) is 0 Å². The molecule has 2 aromatic carbocycles. The van der Waals surface area contributed by atoms with Gasteiger partial charge in [-0.25, -0.2) is 0 Å². The first-order valence-corrected chi connectivity index (χ1v) is 9.01. The van der Waals surface area contributed by atoms with E-state index in [4.69, 9.17) is 4.74 Å². The first kappa shape index (κ1) is 17.6. The van der Waals surface area contributed by atoms with Gasteiger partial charge in [0, 0.05) is 25.2 Å². The first-order chi connectivity index (χ1) is 12.3. The number of morpholine rings is 1. The highest BCUT2D eigenvalue weighted by molar-refractivity contribution is 5.94. The van der Waals surface area contributed by atoms with Gasteiger partial charge in [-0.1, -0.05) is 49.4 Å². The number of carbonyl (C=O) groups excluding carboxylic acids is 1. The van der Waals surface area contributed by atoms with Crippen molar-refractivity contribution >= 4 is 5.91 Å². The van der Waals surface area contributed by atoms with Crippen molar-refractivity contribution in [1.29, 1.82) is 0 Å². The zero-order valence-electron chi connectivity index (χ0n) is 14.8. The summed E-state index contributed by atoms with van der Waals surface area (Å²) in [4.78, 5) is 15.1. The van der Waals surface area contributed by atoms with E-state index in [1.54, 1.807) is 0 Å². The molecule has 4 heteroatoms. The molecule has 1 saturated heterocycles. The molecule has 0 radical (unpaired) electrons. The number of hydrogen-bond donors (Lipinski definition) is 1. The number of aryl methyl sites for hydroxylation is 1. The van der Waals surface area contributed by atoms with E-state index in [9.17, 15) is 4.79 Å². The van der Waals surface area contributed by atoms with E-state index in [0.29, 0.717) is 5.56 Å². The smallest absolute Gasteiger partial charge is 0.251 e. The lowest BCUT2D eigenvalue weighted by Crippen LogP contribution is -2.43. The van der Waals surface area contributed by atoms with Gasteiger partial charge in [-0.2, -0.15) is 0 Å². The predicted molar refractivity (Wildman–Crippen MR) is 99.7 cm³/mol. The normalized spacial score (nSPS) is 16.4. The van der Waals surface area contributed by atoms with Crippen molar-refractivity contribution in [2.75, 3.05) is 32.8 Å². The summed E-state index contributed by atoms with van der Waals surface area (Å²) >= 11 is 0. The Morgan fingerprint density at radius 1 is 1.08 bits per heavy atom. The molecule has 1 fully saturated rings. The van der Waals surface area contributed by atoms with Crippen LogP contribution in [0, 0.1) is 0 Å². The van der Waals surface area contributed by atoms with Crippen molar-refractivity contribution in [1.82, 2.24) is 10.2 Å². The van der Waals surface area contributed by atoms with E-state index < -0.39 is 0 Å². The van der Waals surface area contributed by atoms with Crippen molar-refractivity contribution in [3.63, 3.8) is 0 Å². The first-order valence-electron chi connectivity index (χ1n) is 9.01. The zero-order valence-corrected chi connectivity index (χ0v) is 14.8. The fourth-order valence-corrected chi connectivity index (χ4v) is 3.10. The Kier molecular flexibility index (Phi) is 6.20. The summed E-state index contributed by atoms with van der Waals surface area (Å²) in [6.45, 7) is 6.24. The molecule has 1 heterocycles. The number of rotatable bonds is 6. The fourth-order valence-electron chi connectivity index (χ4n) is 3.10. The monoisotopic (exact) mass is 338 g/mol. The van der Waals surface area contributed by atoms with Crippen LogP contribution in [0.2, 0.25) is 0 Å². The number of hydrogen-bond acceptors (Lipinski definition) is 3. The van der Waals surface area contributed by atoms with Gasteiger partial charge in [0.15, 0.2) is 0 Å². The van der Waals surface area contributed by atoms with Gasteiger partial charge >= 0.3 is 0 Å². The van der Waals surface area contributed by atoms with Crippen molar-refractivity contribution in [3.8, 4) is 0 Å². The maximum atomic E-state index is 12.7. The van der Waals surface area contributed by atoms with Gasteiger partial charge in [0.05, 0.1) is 19.3 Å². The van der Waals surface area contributed by atoms with E-state index in [0.717, 1.165) is 44.8 Å². The predicted octanol–water partition coefficient (Wildman–Crippen LogP) is 3.05. The second kappa shape index (κ2) is 8.79. The lowest BCUT2D eigenvalue weighted by atomic mass is 10.0. The van der Waals surface area contributed by atoms with Crippen molar-refractivity contribution in [3.05, 3.63) is 71.3 Å². The fraction of sp³-hybridized carbons (Fsp3) is 0.381. The van der Waals surface area contributed by atoms with Crippen LogP contribution >= 0.6 is 0 Å². The van der Waals surface area contributed by atoms with Crippen LogP contribution in [-0.2, 0) is 11.2 Å². The molecular weight excluding hydrogens is 312 g/mol. The Bertz CT molecular complexity index is 664. The van der Waals surface area contributed by atoms with Crippen LogP contribution in [0.3, 0.4) is 0 Å². The third-order valence-electron chi connectivity index (χ3n) is 4.68. The van der Waals surface area contributed by atoms with Crippen LogP contribution in [0.5, 0.6) is 0 Å². The van der Waals surface area contributed by atoms with Crippen molar-refractivity contribution < 1.29 is 9.53 Å². The van der Waals surface area contributed by atoms with Crippen molar-refractivity contribution in [2.45, 2.75) is 19.4 Å². The molecule has 0 unspecified atom stereocenters. The SMILES string of the molecule is CCc1ccc(C(=O)N[C@@H](CN2CCOCC2)c2ccccc2)cc1. The Morgan fingerprint density at radius 2 is 1.76 bits per heavy atom. The summed E-state index contributed by atoms with van der Waals surface area (Å²) in [7, 11) is 0. The minimum Gasteiger partial charge on any atom is -0.379 e. The van der Waals surface area contributed by atoms with E-state index in [-0.39, 0.29) is 11.9 Å². The average Bonchev–Trinajstić information content (AvgIpc) is 2.69. The number of nitrogens with one attached hydrogen (secondary N) is 1.